The van der Waals surface area contributed by atoms with Crippen molar-refractivity contribution in [2.45, 2.75) is 305 Å². The molecule has 60 heteroatoms. The van der Waals surface area contributed by atoms with Crippen LogP contribution in [0, 0.1) is 23.7 Å². The summed E-state index contributed by atoms with van der Waals surface area (Å²) in [6.45, 7) is 11.3. The number of ether oxygens (including phenoxy) is 8. The summed E-state index contributed by atoms with van der Waals surface area (Å²) in [5.41, 5.74) is 11.2. The van der Waals surface area contributed by atoms with E-state index in [-0.39, 0.29) is 85.6 Å². The summed E-state index contributed by atoms with van der Waals surface area (Å²) in [5, 5.41) is 121. The van der Waals surface area contributed by atoms with Gasteiger partial charge in [0, 0.05) is 113 Å². The van der Waals surface area contributed by atoms with E-state index in [9.17, 15) is 146 Å². The Labute approximate surface area is 826 Å². The summed E-state index contributed by atoms with van der Waals surface area (Å²) in [4.78, 5) is 207. The standard InChI is InChI=1S/2C41H68N6O21P2S/c1-19(50)24(9-7-8-12-44-38(57)33-29(71-14-13-43-18-42)15-25-30(20(2)51)39(58)47(25)33)10-11-26(54)21(3)63-37-32(46-23(5)53)40(64-27(16-48)34(37)55)66-36-28(17-49)65-41(31(35(36)56)45-22(4)52)67-70(61,62)68-69(6,59)60;1-19(50)24(9-7-8-12-44-38(57)33-29(71-14-13-43-18-42)15-25-30(20(2)51)39(58)47(25)33)10-11-26(54)21(3)63-37-32(46-23(5)53)41(67-70(61,62)68-69(6,59)60)65-28(17-49)36(37)66-40-31(45-22(4)52)35(56)34(55)27(16-48)64-40/h2*18,20-21,24-25,27-28,30-32,34-37,40-41,48-49,51,55-56H,7-17H2,1-6H3,(H2,42,43)(H,44,57)(H,45,52)(H,46,53)(H,59,60)(H,61,62)/t2*20-,21-,24-,25-,27?,28?,30-,31?,32?,34?,35?,36?,37?,40?,41?/m11/s1. The number of thioether (sulfide) groups is 2. The van der Waals surface area contributed by atoms with Crippen LogP contribution in [0.15, 0.2) is 31.2 Å². The Morgan fingerprint density at radius 2 is 0.817 bits per heavy atom. The van der Waals surface area contributed by atoms with E-state index in [2.05, 4.69) is 50.5 Å². The van der Waals surface area contributed by atoms with Crippen LogP contribution in [-0.4, -0.2) is 400 Å². The highest BCUT2D eigenvalue weighted by Gasteiger charge is 2.61. The smallest absolute Gasteiger partial charge is 0.394 e. The Morgan fingerprint density at radius 3 is 1.19 bits per heavy atom. The maximum Gasteiger partial charge on any atom is 0.481 e. The number of carbonyl (C=O) groups is 12. The van der Waals surface area contributed by atoms with Gasteiger partial charge < -0.3 is 162 Å². The number of Topliss-reactive ketones (excluding diaryl/α,β-unsaturated/α-hetero) is 4. The second-order valence-electron chi connectivity index (χ2n) is 35.3. The number of phosphoric ester groups is 2. The number of nitrogens with one attached hydrogen (secondary N) is 6. The van der Waals surface area contributed by atoms with Crippen LogP contribution in [0.2, 0.25) is 0 Å². The molecule has 142 heavy (non-hydrogen) atoms. The number of aliphatic hydroxyl groups excluding tert-OH is 10. The van der Waals surface area contributed by atoms with Crippen LogP contribution in [0.3, 0.4) is 0 Å². The molecule has 0 bridgehead atoms. The van der Waals surface area contributed by atoms with E-state index in [4.69, 9.17) is 58.4 Å². The van der Waals surface area contributed by atoms with Crippen LogP contribution in [0.5, 0.6) is 0 Å². The predicted octanol–water partition coefficient (Wildman–Crippen LogP) is -4.71. The molecular formula is C82H136N12O42P4S2. The molecule has 24 N–H and O–H groups in total. The van der Waals surface area contributed by atoms with Gasteiger partial charge in [-0.05, 0) is 80.1 Å². The SMILES string of the molecule is CC(=O)NC1C(OC2C(CO)OC(OP(=O)(O)OP(C)(=O)O)C(NC(C)=O)C2O[C@H](C)C(=O)CC[C@@H](CCCCNC(=O)C2=C(SCCN=CN)C[C@@H]3[C@@H]([C@@H](C)O)C(=O)N23)C(C)=O)OC(CO)C(O)C1O.CC(=O)NC1C(OP(=O)(O)OP(C)(=O)O)OC(CO)C(OC2OC(CO)C(O)C(O[C@H](C)C(=O)CC[C@@H](CCCCNC(=O)C3=C(SCCN=CN)C[C@@H]4[C@@H]([C@@H](C)O)C(=O)N34)C(C)=O)C2NC(C)=O)C1O. The molecule has 0 radical (unpaired) electrons. The van der Waals surface area contributed by atoms with Crippen molar-refractivity contribution >= 4 is 137 Å². The number of nitrogens with zero attached hydrogens (tertiary/aromatic N) is 4. The average molecular weight is 2150 g/mol. The molecule has 0 spiro atoms. The summed E-state index contributed by atoms with van der Waals surface area (Å²) in [6, 6.07) is -7.34. The van der Waals surface area contributed by atoms with Gasteiger partial charge in [-0.25, -0.2) is 17.8 Å². The molecule has 34 atom stereocenters. The van der Waals surface area contributed by atoms with Gasteiger partial charge in [0.25, 0.3) is 11.8 Å². The molecule has 6 saturated heterocycles. The number of rotatable bonds is 56. The summed E-state index contributed by atoms with van der Waals surface area (Å²) in [6.07, 6.45) is -27.5. The summed E-state index contributed by atoms with van der Waals surface area (Å²) >= 11 is 2.78. The number of unbranched alkanes of at least 4 members (excludes halogenated alkanes) is 2. The zero-order chi connectivity index (χ0) is 106. The maximum atomic E-state index is 13.9. The Bertz CT molecular complexity index is 4690. The lowest BCUT2D eigenvalue weighted by Crippen LogP contribution is -2.70. The lowest BCUT2D eigenvalue weighted by atomic mass is 9.83. The Morgan fingerprint density at radius 1 is 0.472 bits per heavy atom. The van der Waals surface area contributed by atoms with Crippen molar-refractivity contribution in [2.24, 2.45) is 45.1 Å². The minimum Gasteiger partial charge on any atom is -0.394 e. The first-order chi connectivity index (χ1) is 66.5. The fraction of sp³-hybridized carbons (Fsp3) is 0.780. The number of ketones is 4. The number of aliphatic hydroxyl groups is 10. The summed E-state index contributed by atoms with van der Waals surface area (Å²) in [7, 11) is -20.4. The van der Waals surface area contributed by atoms with Crippen molar-refractivity contribution in [3.8, 4) is 0 Å². The second-order valence-corrected chi connectivity index (χ2v) is 44.5. The molecule has 24 unspecified atom stereocenters. The van der Waals surface area contributed by atoms with Crippen molar-refractivity contribution in [1.82, 2.24) is 41.7 Å². The molecule has 808 valence electrons. The highest BCUT2D eigenvalue weighted by Crippen LogP contribution is 2.61. The van der Waals surface area contributed by atoms with Crippen molar-refractivity contribution < 1.29 is 202 Å². The lowest BCUT2D eigenvalue weighted by Gasteiger charge is -2.49. The van der Waals surface area contributed by atoms with Gasteiger partial charge in [0.2, 0.25) is 35.4 Å². The van der Waals surface area contributed by atoms with Crippen LogP contribution in [-0.2, 0) is 131 Å². The second kappa shape index (κ2) is 55.6. The summed E-state index contributed by atoms with van der Waals surface area (Å²) < 4.78 is 115. The highest BCUT2D eigenvalue weighted by atomic mass is 32.2. The van der Waals surface area contributed by atoms with Gasteiger partial charge in [-0.3, -0.25) is 85.7 Å². The van der Waals surface area contributed by atoms with E-state index in [1.54, 1.807) is 6.92 Å². The van der Waals surface area contributed by atoms with E-state index < -0.39 is 275 Å². The van der Waals surface area contributed by atoms with E-state index >= 15 is 0 Å². The molecule has 8 amide bonds. The van der Waals surface area contributed by atoms with Crippen molar-refractivity contribution in [2.75, 3.05) is 77.4 Å². The molecule has 8 rings (SSSR count). The number of β-lactam (4-membered cyclic amide) rings is 2. The van der Waals surface area contributed by atoms with Gasteiger partial charge in [-0.1, -0.05) is 12.8 Å². The molecule has 8 aliphatic heterocycles. The average Bonchev–Trinajstić information content (AvgIpc) is 1.57. The fourth-order valence-corrected chi connectivity index (χ4v) is 24.0. The van der Waals surface area contributed by atoms with Crippen LogP contribution >= 0.6 is 54.4 Å². The van der Waals surface area contributed by atoms with E-state index in [0.717, 1.165) is 27.7 Å². The molecule has 6 fully saturated rings. The monoisotopic (exact) mass is 2150 g/mol. The first kappa shape index (κ1) is 122. The molecule has 0 aromatic carbocycles. The van der Waals surface area contributed by atoms with E-state index in [1.807, 2.05) is 0 Å². The largest absolute Gasteiger partial charge is 0.481 e. The zero-order valence-electron chi connectivity index (χ0n) is 80.3. The van der Waals surface area contributed by atoms with Crippen molar-refractivity contribution in [1.29, 1.82) is 0 Å². The molecule has 0 aliphatic carbocycles. The zero-order valence-corrected chi connectivity index (χ0v) is 85.5. The highest BCUT2D eigenvalue weighted by molar-refractivity contribution is 8.03. The molecule has 8 aliphatic rings. The first-order valence-electron chi connectivity index (χ1n) is 45.8. The lowest BCUT2D eigenvalue weighted by molar-refractivity contribution is -0.331. The normalized spacial score (nSPS) is 31.7. The number of amides is 8. The molecule has 0 saturated carbocycles. The number of aliphatic imine (C=N–C) groups is 2. The maximum absolute atomic E-state index is 13.9. The summed E-state index contributed by atoms with van der Waals surface area (Å²) in [5.74, 6) is -7.65. The van der Waals surface area contributed by atoms with Gasteiger partial charge in [0.1, 0.15) is 133 Å². The number of hydrogen-bond acceptors (Lipinski definition) is 42. The minimum absolute atomic E-state index is 0.0347. The molecule has 0 aromatic heterocycles. The Balaban J connectivity index is 0.000000386. The first-order valence-corrected chi connectivity index (χ1v) is 54.8. The Kier molecular flexibility index (Phi) is 47.9. The van der Waals surface area contributed by atoms with Gasteiger partial charge in [0.05, 0.1) is 88.3 Å². The minimum atomic E-state index is -5.54. The third-order valence-electron chi connectivity index (χ3n) is 24.3. The number of carbonyl (C=O) groups excluding carboxylic acids is 12. The van der Waals surface area contributed by atoms with Crippen molar-refractivity contribution in [3.63, 3.8) is 0 Å². The van der Waals surface area contributed by atoms with Crippen LogP contribution < -0.4 is 43.4 Å². The van der Waals surface area contributed by atoms with Gasteiger partial charge in [-0.15, -0.1) is 23.5 Å². The van der Waals surface area contributed by atoms with Crippen LogP contribution in [0.4, 0.5) is 0 Å². The topological polar surface area (TPSA) is 823 Å². The quantitative estimate of drug-likeness (QED) is 0.00894. The van der Waals surface area contributed by atoms with Gasteiger partial charge >= 0.3 is 30.8 Å². The van der Waals surface area contributed by atoms with Crippen LogP contribution in [0.1, 0.15) is 146 Å². The number of phosphoric acid groups is 2. The molecule has 8 heterocycles. The van der Waals surface area contributed by atoms with Crippen LogP contribution in [0.25, 0.3) is 0 Å². The fourth-order valence-electron chi connectivity index (χ4n) is 17.6. The van der Waals surface area contributed by atoms with E-state index in [0.29, 0.717) is 99.1 Å². The third-order valence-corrected chi connectivity index (χ3v) is 31.5. The van der Waals surface area contributed by atoms with E-state index in [1.165, 1.54) is 80.6 Å². The van der Waals surface area contributed by atoms with Crippen molar-refractivity contribution in [3.05, 3.63) is 21.2 Å². The Hall–Kier alpha value is -6.56. The molecular weight excluding hydrogens is 2010 g/mol. The van der Waals surface area contributed by atoms with Gasteiger partial charge in [-0.2, -0.15) is 0 Å². The predicted molar refractivity (Wildman–Crippen MR) is 497 cm³/mol. The number of nitrogens with two attached hydrogens (primary N) is 2. The van der Waals surface area contributed by atoms with Gasteiger partial charge in [0.15, 0.2) is 36.7 Å². The molecule has 54 nitrogen and oxygen atoms in total. The number of fused-ring (bicyclic) bond motifs is 2. The number of hydrogen-bond donors (Lipinski definition) is 22. The third kappa shape index (κ3) is 34.2. The molecule has 0 aromatic rings.